The lowest BCUT2D eigenvalue weighted by molar-refractivity contribution is -0.116. The third-order valence-corrected chi connectivity index (χ3v) is 6.98. The molecule has 0 aliphatic rings. The van der Waals surface area contributed by atoms with E-state index in [2.05, 4.69) is 5.32 Å². The molecule has 3 rings (SSSR count). The van der Waals surface area contributed by atoms with Crippen LogP contribution < -0.4 is 14.8 Å². The molecule has 36 heavy (non-hydrogen) atoms. The van der Waals surface area contributed by atoms with Crippen LogP contribution in [0.15, 0.2) is 77.7 Å². The lowest BCUT2D eigenvalue weighted by Crippen LogP contribution is -2.37. The highest BCUT2D eigenvalue weighted by Crippen LogP contribution is 2.31. The number of amides is 1. The van der Waals surface area contributed by atoms with Gasteiger partial charge in [-0.2, -0.15) is 4.31 Å². The standard InChI is InChI=1S/C26H28N2O7S/c1-4-35-26(30)20-10-12-21(13-11-20)27-25(29)18-28(17-19-8-6-5-7-9-19)36(31,32)22-14-15-23(33-2)24(16-22)34-3/h5-16H,4,17-18H2,1-3H3,(H,27,29). The van der Waals surface area contributed by atoms with Crippen molar-refractivity contribution in [3.8, 4) is 11.5 Å². The summed E-state index contributed by atoms with van der Waals surface area (Å²) in [4.78, 5) is 24.7. The molecule has 0 atom stereocenters. The maximum Gasteiger partial charge on any atom is 0.338 e. The minimum absolute atomic E-state index is 0.0211. The Labute approximate surface area is 210 Å². The van der Waals surface area contributed by atoms with Crippen molar-refractivity contribution < 1.29 is 32.2 Å². The Hall–Kier alpha value is -3.89. The molecule has 0 bridgehead atoms. The quantitative estimate of drug-likeness (QED) is 0.390. The topological polar surface area (TPSA) is 111 Å². The Morgan fingerprint density at radius 1 is 0.889 bits per heavy atom. The molecule has 0 unspecified atom stereocenters. The first-order valence-corrected chi connectivity index (χ1v) is 12.6. The average Bonchev–Trinajstić information content (AvgIpc) is 2.89. The SMILES string of the molecule is CCOC(=O)c1ccc(NC(=O)CN(Cc2ccccc2)S(=O)(=O)c2ccc(OC)c(OC)c2)cc1. The molecule has 3 aromatic rings. The minimum atomic E-state index is -4.09. The molecule has 0 heterocycles. The van der Waals surface area contributed by atoms with Gasteiger partial charge >= 0.3 is 5.97 Å². The Bertz CT molecular complexity index is 1290. The van der Waals surface area contributed by atoms with Gasteiger partial charge in [0.2, 0.25) is 15.9 Å². The molecule has 0 aliphatic carbocycles. The second kappa shape index (κ2) is 12.2. The predicted octanol–water partition coefficient (Wildman–Crippen LogP) is 3.71. The summed E-state index contributed by atoms with van der Waals surface area (Å²) in [5.41, 5.74) is 1.47. The van der Waals surface area contributed by atoms with E-state index >= 15 is 0 Å². The molecular formula is C26H28N2O7S. The summed E-state index contributed by atoms with van der Waals surface area (Å²) in [7, 11) is -1.22. The molecule has 1 amide bonds. The minimum Gasteiger partial charge on any atom is -0.493 e. The maximum absolute atomic E-state index is 13.6. The van der Waals surface area contributed by atoms with E-state index in [0.717, 1.165) is 4.31 Å². The van der Waals surface area contributed by atoms with Gasteiger partial charge in [0.15, 0.2) is 11.5 Å². The number of hydrogen-bond acceptors (Lipinski definition) is 7. The van der Waals surface area contributed by atoms with Crippen LogP contribution in [0.2, 0.25) is 0 Å². The Kier molecular flexibility index (Phi) is 9.04. The molecule has 190 valence electrons. The van der Waals surface area contributed by atoms with Crippen LogP contribution in [-0.4, -0.2) is 52.0 Å². The van der Waals surface area contributed by atoms with E-state index in [4.69, 9.17) is 14.2 Å². The predicted molar refractivity (Wildman–Crippen MR) is 135 cm³/mol. The Balaban J connectivity index is 1.84. The fraction of sp³-hybridized carbons (Fsp3) is 0.231. The van der Waals surface area contributed by atoms with Crippen molar-refractivity contribution in [3.63, 3.8) is 0 Å². The fourth-order valence-electron chi connectivity index (χ4n) is 3.40. The van der Waals surface area contributed by atoms with Gasteiger partial charge in [-0.25, -0.2) is 13.2 Å². The Morgan fingerprint density at radius 3 is 2.17 bits per heavy atom. The van der Waals surface area contributed by atoms with Crippen molar-refractivity contribution in [1.29, 1.82) is 0 Å². The van der Waals surface area contributed by atoms with Gasteiger partial charge in [-0.15, -0.1) is 0 Å². The van der Waals surface area contributed by atoms with Crippen molar-refractivity contribution in [2.24, 2.45) is 0 Å². The van der Waals surface area contributed by atoms with Crippen molar-refractivity contribution in [1.82, 2.24) is 4.31 Å². The third kappa shape index (κ3) is 6.61. The average molecular weight is 513 g/mol. The van der Waals surface area contributed by atoms with Crippen molar-refractivity contribution >= 4 is 27.6 Å². The zero-order chi connectivity index (χ0) is 26.1. The smallest absolute Gasteiger partial charge is 0.338 e. The summed E-state index contributed by atoms with van der Waals surface area (Å²) >= 11 is 0. The maximum atomic E-state index is 13.6. The summed E-state index contributed by atoms with van der Waals surface area (Å²) in [6.07, 6.45) is 0. The van der Waals surface area contributed by atoms with Crippen LogP contribution in [-0.2, 0) is 26.1 Å². The number of methoxy groups -OCH3 is 2. The molecule has 3 aromatic carbocycles. The van der Waals surface area contributed by atoms with Crippen LogP contribution in [0.4, 0.5) is 5.69 Å². The molecule has 0 spiro atoms. The molecule has 9 nitrogen and oxygen atoms in total. The molecule has 0 aliphatic heterocycles. The van der Waals surface area contributed by atoms with Gasteiger partial charge in [-0.05, 0) is 48.9 Å². The fourth-order valence-corrected chi connectivity index (χ4v) is 4.80. The highest BCUT2D eigenvalue weighted by atomic mass is 32.2. The van der Waals surface area contributed by atoms with Crippen molar-refractivity contribution in [2.45, 2.75) is 18.4 Å². The molecule has 0 saturated heterocycles. The zero-order valence-electron chi connectivity index (χ0n) is 20.3. The number of nitrogens with zero attached hydrogens (tertiary/aromatic N) is 1. The Morgan fingerprint density at radius 2 is 1.56 bits per heavy atom. The molecule has 10 heteroatoms. The largest absolute Gasteiger partial charge is 0.493 e. The van der Waals surface area contributed by atoms with E-state index in [0.29, 0.717) is 22.6 Å². The first-order valence-electron chi connectivity index (χ1n) is 11.1. The normalized spacial score (nSPS) is 11.1. The van der Waals surface area contributed by atoms with Crippen LogP contribution in [0.25, 0.3) is 0 Å². The van der Waals surface area contributed by atoms with Gasteiger partial charge in [-0.1, -0.05) is 30.3 Å². The lowest BCUT2D eigenvalue weighted by Gasteiger charge is -2.22. The number of ether oxygens (including phenoxy) is 3. The molecular weight excluding hydrogens is 484 g/mol. The highest BCUT2D eigenvalue weighted by molar-refractivity contribution is 7.89. The van der Waals surface area contributed by atoms with E-state index in [1.54, 1.807) is 43.3 Å². The van der Waals surface area contributed by atoms with Gasteiger partial charge < -0.3 is 19.5 Å². The lowest BCUT2D eigenvalue weighted by atomic mass is 10.2. The summed E-state index contributed by atoms with van der Waals surface area (Å²) in [6.45, 7) is 1.50. The van der Waals surface area contributed by atoms with Gasteiger partial charge in [0.1, 0.15) is 0 Å². The van der Waals surface area contributed by atoms with E-state index in [1.165, 1.54) is 44.6 Å². The van der Waals surface area contributed by atoms with Crippen molar-refractivity contribution in [3.05, 3.63) is 83.9 Å². The molecule has 0 aromatic heterocycles. The van der Waals surface area contributed by atoms with Crippen LogP contribution in [0.1, 0.15) is 22.8 Å². The van der Waals surface area contributed by atoms with Crippen LogP contribution in [0.5, 0.6) is 11.5 Å². The van der Waals surface area contributed by atoms with Crippen LogP contribution in [0, 0.1) is 0 Å². The van der Waals surface area contributed by atoms with E-state index in [9.17, 15) is 18.0 Å². The zero-order valence-corrected chi connectivity index (χ0v) is 21.1. The third-order valence-electron chi connectivity index (χ3n) is 5.19. The first-order chi connectivity index (χ1) is 17.3. The second-order valence-corrected chi connectivity index (χ2v) is 9.56. The second-order valence-electron chi connectivity index (χ2n) is 7.62. The number of benzene rings is 3. The van der Waals surface area contributed by atoms with E-state index < -0.39 is 28.4 Å². The van der Waals surface area contributed by atoms with E-state index in [-0.39, 0.29) is 23.8 Å². The number of nitrogens with one attached hydrogen (secondary N) is 1. The first kappa shape index (κ1) is 26.7. The highest BCUT2D eigenvalue weighted by Gasteiger charge is 2.28. The summed E-state index contributed by atoms with van der Waals surface area (Å²) in [5.74, 6) is -0.372. The molecule has 0 radical (unpaired) electrons. The van der Waals surface area contributed by atoms with Crippen LogP contribution in [0.3, 0.4) is 0 Å². The molecule has 0 fully saturated rings. The summed E-state index contributed by atoms with van der Waals surface area (Å²) in [5, 5.41) is 2.68. The number of esters is 1. The van der Waals surface area contributed by atoms with Crippen molar-refractivity contribution in [2.75, 3.05) is 32.7 Å². The molecule has 1 N–H and O–H groups in total. The van der Waals surface area contributed by atoms with Gasteiger partial charge in [0.25, 0.3) is 0 Å². The summed E-state index contributed by atoms with van der Waals surface area (Å²) < 4.78 is 43.6. The number of rotatable bonds is 11. The number of sulfonamides is 1. The van der Waals surface area contributed by atoms with Gasteiger partial charge in [-0.3, -0.25) is 4.79 Å². The number of hydrogen-bond donors (Lipinski definition) is 1. The number of anilines is 1. The number of carbonyl (C=O) groups excluding carboxylic acids is 2. The summed E-state index contributed by atoms with van der Waals surface area (Å²) in [6, 6.07) is 19.4. The van der Waals surface area contributed by atoms with Crippen LogP contribution >= 0.6 is 0 Å². The molecule has 0 saturated carbocycles. The van der Waals surface area contributed by atoms with E-state index in [1.807, 2.05) is 6.07 Å². The van der Waals surface area contributed by atoms with Gasteiger partial charge in [0.05, 0.1) is 37.8 Å². The number of carbonyl (C=O) groups is 2. The van der Waals surface area contributed by atoms with Gasteiger partial charge in [0, 0.05) is 18.3 Å². The monoisotopic (exact) mass is 512 g/mol.